The van der Waals surface area contributed by atoms with Crippen LogP contribution in [-0.4, -0.2) is 28.4 Å². The van der Waals surface area contributed by atoms with Crippen LogP contribution in [0.2, 0.25) is 0 Å². The zero-order valence-corrected chi connectivity index (χ0v) is 12.7. The highest BCUT2D eigenvalue weighted by Crippen LogP contribution is 2.19. The molecular formula is C17H15N3O3. The van der Waals surface area contributed by atoms with E-state index in [0.717, 1.165) is 5.56 Å². The number of nitrogens with zero attached hydrogens (tertiary/aromatic N) is 2. The summed E-state index contributed by atoms with van der Waals surface area (Å²) in [7, 11) is 1.32. The molecular weight excluding hydrogens is 294 g/mol. The molecule has 1 N–H and O–H groups in total. The van der Waals surface area contributed by atoms with E-state index in [-0.39, 0.29) is 5.91 Å². The number of methoxy groups -OCH3 is 1. The highest BCUT2D eigenvalue weighted by molar-refractivity contribution is 6.04. The maximum Gasteiger partial charge on any atom is 0.337 e. The second-order valence-electron chi connectivity index (χ2n) is 5.05. The number of anilines is 1. The molecule has 116 valence electrons. The van der Waals surface area contributed by atoms with Gasteiger partial charge in [-0.2, -0.15) is 0 Å². The van der Waals surface area contributed by atoms with Gasteiger partial charge < -0.3 is 10.1 Å². The third-order valence-corrected chi connectivity index (χ3v) is 3.56. The molecule has 0 saturated heterocycles. The predicted molar refractivity (Wildman–Crippen MR) is 85.7 cm³/mol. The van der Waals surface area contributed by atoms with Crippen LogP contribution in [0.4, 0.5) is 5.69 Å². The Morgan fingerprint density at radius 3 is 2.83 bits per heavy atom. The highest BCUT2D eigenvalue weighted by Gasteiger charge is 2.14. The van der Waals surface area contributed by atoms with Crippen LogP contribution >= 0.6 is 0 Å². The Bertz CT molecular complexity index is 899. The molecule has 1 amide bonds. The van der Waals surface area contributed by atoms with Crippen molar-refractivity contribution in [3.05, 3.63) is 65.6 Å². The number of nitrogens with one attached hydrogen (secondary N) is 1. The molecule has 0 unspecified atom stereocenters. The van der Waals surface area contributed by atoms with Crippen molar-refractivity contribution in [1.82, 2.24) is 9.38 Å². The van der Waals surface area contributed by atoms with Gasteiger partial charge in [0.05, 0.1) is 18.9 Å². The predicted octanol–water partition coefficient (Wildman–Crippen LogP) is 2.68. The van der Waals surface area contributed by atoms with E-state index in [1.807, 2.05) is 25.1 Å². The number of hydrogen-bond acceptors (Lipinski definition) is 4. The summed E-state index contributed by atoms with van der Waals surface area (Å²) in [5.74, 6) is -0.746. The lowest BCUT2D eigenvalue weighted by molar-refractivity contribution is 0.0600. The molecule has 0 fully saturated rings. The molecule has 0 atom stereocenters. The van der Waals surface area contributed by atoms with E-state index < -0.39 is 5.97 Å². The lowest BCUT2D eigenvalue weighted by atomic mass is 10.1. The number of hydrogen-bond donors (Lipinski definition) is 1. The number of esters is 1. The minimum absolute atomic E-state index is 0.297. The Labute approximate surface area is 132 Å². The molecule has 0 aliphatic rings. The number of carbonyl (C=O) groups excluding carboxylic acids is 2. The van der Waals surface area contributed by atoms with Gasteiger partial charge >= 0.3 is 5.97 Å². The summed E-state index contributed by atoms with van der Waals surface area (Å²) >= 11 is 0. The van der Waals surface area contributed by atoms with Crippen molar-refractivity contribution < 1.29 is 14.3 Å². The lowest BCUT2D eigenvalue weighted by Gasteiger charge is -2.10. The average Bonchev–Trinajstić information content (AvgIpc) is 3.00. The van der Waals surface area contributed by atoms with Crippen molar-refractivity contribution in [3.63, 3.8) is 0 Å². The van der Waals surface area contributed by atoms with Crippen molar-refractivity contribution in [2.45, 2.75) is 6.92 Å². The van der Waals surface area contributed by atoms with Crippen LogP contribution in [0.3, 0.4) is 0 Å². The number of benzene rings is 1. The minimum atomic E-state index is -0.449. The van der Waals surface area contributed by atoms with Gasteiger partial charge in [0.15, 0.2) is 0 Å². The molecule has 0 bridgehead atoms. The van der Waals surface area contributed by atoms with Crippen molar-refractivity contribution in [3.8, 4) is 0 Å². The first kappa shape index (κ1) is 14.8. The van der Waals surface area contributed by atoms with E-state index >= 15 is 0 Å². The fourth-order valence-corrected chi connectivity index (χ4v) is 2.29. The molecule has 0 radical (unpaired) electrons. The minimum Gasteiger partial charge on any atom is -0.465 e. The fourth-order valence-electron chi connectivity index (χ4n) is 2.29. The van der Waals surface area contributed by atoms with Gasteiger partial charge in [-0.15, -0.1) is 0 Å². The van der Waals surface area contributed by atoms with Gasteiger partial charge in [0.2, 0.25) is 0 Å². The SMILES string of the molecule is COC(=O)c1ccc(C)c(NC(=O)c2cnc3ccccn23)c1. The van der Waals surface area contributed by atoms with Crippen molar-refractivity contribution in [2.24, 2.45) is 0 Å². The second-order valence-corrected chi connectivity index (χ2v) is 5.05. The third kappa shape index (κ3) is 2.78. The molecule has 0 spiro atoms. The van der Waals surface area contributed by atoms with Gasteiger partial charge in [0.1, 0.15) is 11.3 Å². The molecule has 3 rings (SSSR count). The zero-order valence-electron chi connectivity index (χ0n) is 12.7. The first-order chi connectivity index (χ1) is 11.1. The first-order valence-corrected chi connectivity index (χ1v) is 7.02. The summed E-state index contributed by atoms with van der Waals surface area (Å²) in [5.41, 5.74) is 2.90. The molecule has 6 nitrogen and oxygen atoms in total. The largest absolute Gasteiger partial charge is 0.465 e. The molecule has 6 heteroatoms. The summed E-state index contributed by atoms with van der Waals surface area (Å²) in [6.07, 6.45) is 3.29. The van der Waals surface area contributed by atoms with Gasteiger partial charge in [0, 0.05) is 11.9 Å². The fraction of sp³-hybridized carbons (Fsp3) is 0.118. The van der Waals surface area contributed by atoms with E-state index in [1.165, 1.54) is 13.3 Å². The maximum absolute atomic E-state index is 12.5. The molecule has 2 aromatic heterocycles. The normalized spacial score (nSPS) is 10.5. The van der Waals surface area contributed by atoms with Gasteiger partial charge in [0.25, 0.3) is 5.91 Å². The van der Waals surface area contributed by atoms with Crippen LogP contribution in [-0.2, 0) is 4.74 Å². The first-order valence-electron chi connectivity index (χ1n) is 7.02. The number of amides is 1. The summed E-state index contributed by atoms with van der Waals surface area (Å²) in [5, 5.41) is 2.82. The van der Waals surface area contributed by atoms with Gasteiger partial charge in [-0.3, -0.25) is 9.20 Å². The lowest BCUT2D eigenvalue weighted by Crippen LogP contribution is -2.15. The number of pyridine rings is 1. The van der Waals surface area contributed by atoms with Crippen LogP contribution in [0.1, 0.15) is 26.4 Å². The Morgan fingerprint density at radius 2 is 2.04 bits per heavy atom. The number of fused-ring (bicyclic) bond motifs is 1. The van der Waals surface area contributed by atoms with Gasteiger partial charge in [-0.25, -0.2) is 9.78 Å². The Morgan fingerprint density at radius 1 is 1.22 bits per heavy atom. The van der Waals surface area contributed by atoms with Crippen LogP contribution < -0.4 is 5.32 Å². The summed E-state index contributed by atoms with van der Waals surface area (Å²) in [6, 6.07) is 10.5. The quantitative estimate of drug-likeness (QED) is 0.755. The van der Waals surface area contributed by atoms with Crippen LogP contribution in [0.15, 0.2) is 48.8 Å². The Kier molecular flexibility index (Phi) is 3.80. The van der Waals surface area contributed by atoms with Crippen molar-refractivity contribution in [2.75, 3.05) is 12.4 Å². The molecule has 2 heterocycles. The summed E-state index contributed by atoms with van der Waals surface area (Å²) in [4.78, 5) is 28.3. The summed E-state index contributed by atoms with van der Waals surface area (Å²) < 4.78 is 6.40. The number of aryl methyl sites for hydroxylation is 1. The van der Waals surface area contributed by atoms with Crippen LogP contribution in [0.5, 0.6) is 0 Å². The number of rotatable bonds is 3. The number of ether oxygens (including phenoxy) is 1. The average molecular weight is 309 g/mol. The Hall–Kier alpha value is -3.15. The van der Waals surface area contributed by atoms with Crippen molar-refractivity contribution in [1.29, 1.82) is 0 Å². The molecule has 1 aromatic carbocycles. The molecule has 0 saturated carbocycles. The molecule has 3 aromatic rings. The molecule has 0 aliphatic carbocycles. The number of aromatic nitrogens is 2. The monoisotopic (exact) mass is 309 g/mol. The number of carbonyl (C=O) groups is 2. The van der Waals surface area contributed by atoms with E-state index in [9.17, 15) is 9.59 Å². The zero-order chi connectivity index (χ0) is 16.4. The van der Waals surface area contributed by atoms with Crippen LogP contribution in [0.25, 0.3) is 5.65 Å². The summed E-state index contributed by atoms with van der Waals surface area (Å²) in [6.45, 7) is 1.85. The molecule has 0 aliphatic heterocycles. The van der Waals surface area contributed by atoms with Crippen molar-refractivity contribution >= 4 is 23.2 Å². The Balaban J connectivity index is 1.92. The number of imidazole rings is 1. The van der Waals surface area contributed by atoms with E-state index in [1.54, 1.807) is 28.8 Å². The topological polar surface area (TPSA) is 72.7 Å². The molecule has 23 heavy (non-hydrogen) atoms. The maximum atomic E-state index is 12.5. The smallest absolute Gasteiger partial charge is 0.337 e. The third-order valence-electron chi connectivity index (χ3n) is 3.56. The van der Waals surface area contributed by atoms with Gasteiger partial charge in [-0.05, 0) is 36.8 Å². The van der Waals surface area contributed by atoms with E-state index in [2.05, 4.69) is 10.3 Å². The highest BCUT2D eigenvalue weighted by atomic mass is 16.5. The van der Waals surface area contributed by atoms with E-state index in [0.29, 0.717) is 22.6 Å². The standard InChI is InChI=1S/C17H15N3O3/c1-11-6-7-12(17(22)23-2)9-13(11)19-16(21)14-10-18-15-5-3-4-8-20(14)15/h3-10H,1-2H3,(H,19,21). The second kappa shape index (κ2) is 5.92. The van der Waals surface area contributed by atoms with Crippen LogP contribution in [0, 0.1) is 6.92 Å². The van der Waals surface area contributed by atoms with E-state index in [4.69, 9.17) is 4.74 Å². The van der Waals surface area contributed by atoms with Gasteiger partial charge in [-0.1, -0.05) is 12.1 Å².